The molecule has 1 aromatic carbocycles. The highest BCUT2D eigenvalue weighted by atomic mass is 32.2. The van der Waals surface area contributed by atoms with Gasteiger partial charge in [-0.1, -0.05) is 30.3 Å². The number of nitrogens with zero attached hydrogens (tertiary/aromatic N) is 2. The lowest BCUT2D eigenvalue weighted by Crippen LogP contribution is -2.50. The summed E-state index contributed by atoms with van der Waals surface area (Å²) in [6, 6.07) is 7.83. The molecule has 0 unspecified atom stereocenters. The highest BCUT2D eigenvalue weighted by Crippen LogP contribution is 2.49. The molecule has 2 heterocycles. The van der Waals surface area contributed by atoms with E-state index in [-0.39, 0.29) is 0 Å². The zero-order chi connectivity index (χ0) is 16.8. The molecular weight excluding hydrogens is 316 g/mol. The van der Waals surface area contributed by atoms with E-state index in [9.17, 15) is 19.8 Å². The van der Waals surface area contributed by atoms with Crippen molar-refractivity contribution in [2.75, 3.05) is 0 Å². The minimum Gasteiger partial charge on any atom is -0.480 e. The molecule has 6 nitrogen and oxygen atoms in total. The number of fused-ring (bicyclic) bond motifs is 1. The Bertz CT molecular complexity index is 674. The van der Waals surface area contributed by atoms with Crippen molar-refractivity contribution in [1.29, 1.82) is 0 Å². The highest BCUT2D eigenvalue weighted by Gasteiger charge is 2.58. The Morgan fingerprint density at radius 2 is 1.87 bits per heavy atom. The van der Waals surface area contributed by atoms with Gasteiger partial charge >= 0.3 is 11.9 Å². The van der Waals surface area contributed by atoms with Crippen molar-refractivity contribution in [2.45, 2.75) is 42.5 Å². The van der Waals surface area contributed by atoms with E-state index in [1.165, 1.54) is 11.8 Å². The number of carboxylic acids is 2. The maximum Gasteiger partial charge on any atom is 0.331 e. The molecule has 0 aromatic heterocycles. The Balaban J connectivity index is 1.98. The third kappa shape index (κ3) is 2.69. The predicted octanol–water partition coefficient (Wildman–Crippen LogP) is 1.70. The first-order valence-electron chi connectivity index (χ1n) is 7.33. The lowest BCUT2D eigenvalue weighted by atomic mass is 10.0. The summed E-state index contributed by atoms with van der Waals surface area (Å²) >= 11 is 1.38. The standard InChI is InChI=1S/C16H18N2O4S/c1-16(2)12(15(21)22)18-10(8-9-6-4-3-5-7-9)17-11(14(19)20)13(18)23-16/h3-7,11-13H,8H2,1-2H3,(H,19,20)(H,21,22)/t11-,12+,13+/m1/s1. The summed E-state index contributed by atoms with van der Waals surface area (Å²) in [4.78, 5) is 29.3. The number of hydrogen-bond acceptors (Lipinski definition) is 5. The van der Waals surface area contributed by atoms with Gasteiger partial charge < -0.3 is 15.1 Å². The molecule has 1 fully saturated rings. The highest BCUT2D eigenvalue weighted by molar-refractivity contribution is 8.01. The molecule has 2 N–H and O–H groups in total. The molecule has 0 amide bonds. The molecule has 3 rings (SSSR count). The van der Waals surface area contributed by atoms with Crippen LogP contribution in [0.15, 0.2) is 35.3 Å². The number of carboxylic acid groups (broad SMARTS) is 2. The SMILES string of the molecule is CC1(C)S[C@H]2[C@H](C(=O)O)N=C(Cc3ccccc3)N2[C@H]1C(=O)O. The van der Waals surface area contributed by atoms with Gasteiger partial charge in [-0.25, -0.2) is 9.59 Å². The van der Waals surface area contributed by atoms with E-state index in [0.29, 0.717) is 12.3 Å². The lowest BCUT2D eigenvalue weighted by molar-refractivity contribution is -0.143. The number of carbonyl (C=O) groups is 2. The second kappa shape index (κ2) is 5.56. The maximum atomic E-state index is 11.8. The van der Waals surface area contributed by atoms with Crippen molar-refractivity contribution < 1.29 is 19.8 Å². The Morgan fingerprint density at radius 1 is 1.22 bits per heavy atom. The van der Waals surface area contributed by atoms with Gasteiger partial charge in [0, 0.05) is 11.2 Å². The van der Waals surface area contributed by atoms with Crippen LogP contribution in [-0.4, -0.2) is 55.1 Å². The van der Waals surface area contributed by atoms with E-state index in [0.717, 1.165) is 5.56 Å². The van der Waals surface area contributed by atoms with Gasteiger partial charge in [-0.15, -0.1) is 11.8 Å². The first kappa shape index (κ1) is 15.9. The summed E-state index contributed by atoms with van der Waals surface area (Å²) < 4.78 is -0.581. The number of thioether (sulfide) groups is 1. The molecule has 122 valence electrons. The van der Waals surface area contributed by atoms with E-state index in [2.05, 4.69) is 4.99 Å². The number of aliphatic imine (C=N–C) groups is 1. The van der Waals surface area contributed by atoms with Gasteiger partial charge in [0.2, 0.25) is 0 Å². The van der Waals surface area contributed by atoms with Crippen LogP contribution >= 0.6 is 11.8 Å². The van der Waals surface area contributed by atoms with Crippen molar-refractivity contribution in [3.8, 4) is 0 Å². The monoisotopic (exact) mass is 334 g/mol. The molecule has 2 aliphatic heterocycles. The average molecular weight is 334 g/mol. The van der Waals surface area contributed by atoms with Crippen molar-refractivity contribution in [3.05, 3.63) is 35.9 Å². The van der Waals surface area contributed by atoms with E-state index in [1.54, 1.807) is 4.90 Å². The smallest absolute Gasteiger partial charge is 0.331 e. The number of aliphatic carboxylic acids is 2. The Morgan fingerprint density at radius 3 is 2.43 bits per heavy atom. The van der Waals surface area contributed by atoms with Crippen LogP contribution in [0.5, 0.6) is 0 Å². The quantitative estimate of drug-likeness (QED) is 0.871. The van der Waals surface area contributed by atoms with Crippen LogP contribution in [0.25, 0.3) is 0 Å². The van der Waals surface area contributed by atoms with Crippen molar-refractivity contribution >= 4 is 29.5 Å². The summed E-state index contributed by atoms with van der Waals surface area (Å²) in [5.74, 6) is -1.42. The Hall–Kier alpha value is -2.02. The topological polar surface area (TPSA) is 90.2 Å². The van der Waals surface area contributed by atoms with Crippen molar-refractivity contribution in [2.24, 2.45) is 4.99 Å². The summed E-state index contributed by atoms with van der Waals surface area (Å²) in [5, 5.41) is 18.6. The number of rotatable bonds is 4. The predicted molar refractivity (Wildman–Crippen MR) is 87.7 cm³/mol. The van der Waals surface area contributed by atoms with Crippen LogP contribution in [0, 0.1) is 0 Å². The molecule has 1 aromatic rings. The second-order valence-electron chi connectivity index (χ2n) is 6.25. The van der Waals surface area contributed by atoms with Crippen LogP contribution in [0.2, 0.25) is 0 Å². The second-order valence-corrected chi connectivity index (χ2v) is 8.02. The fraction of sp³-hybridized carbons (Fsp3) is 0.438. The molecule has 0 radical (unpaired) electrons. The fourth-order valence-electron chi connectivity index (χ4n) is 3.23. The van der Waals surface area contributed by atoms with Crippen LogP contribution in [0.3, 0.4) is 0 Å². The molecule has 2 aliphatic rings. The third-order valence-electron chi connectivity index (χ3n) is 4.18. The number of hydrogen-bond donors (Lipinski definition) is 2. The summed E-state index contributed by atoms with van der Waals surface area (Å²) in [5.41, 5.74) is 0.981. The molecule has 3 atom stereocenters. The van der Waals surface area contributed by atoms with Gasteiger partial charge in [0.05, 0.1) is 0 Å². The summed E-state index contributed by atoms with van der Waals surface area (Å²) in [7, 11) is 0. The van der Waals surface area contributed by atoms with E-state index in [1.807, 2.05) is 44.2 Å². The zero-order valence-electron chi connectivity index (χ0n) is 12.8. The first-order valence-corrected chi connectivity index (χ1v) is 8.21. The normalized spacial score (nSPS) is 28.3. The fourth-order valence-corrected chi connectivity index (χ4v) is 4.86. The zero-order valence-corrected chi connectivity index (χ0v) is 13.7. The first-order chi connectivity index (χ1) is 10.8. The lowest BCUT2D eigenvalue weighted by Gasteiger charge is -2.29. The van der Waals surface area contributed by atoms with E-state index in [4.69, 9.17) is 0 Å². The molecule has 0 aliphatic carbocycles. The van der Waals surface area contributed by atoms with Crippen molar-refractivity contribution in [3.63, 3.8) is 0 Å². The van der Waals surface area contributed by atoms with Gasteiger partial charge in [0.15, 0.2) is 6.04 Å². The van der Waals surface area contributed by atoms with E-state index < -0.39 is 34.1 Å². The van der Waals surface area contributed by atoms with Gasteiger partial charge in [-0.2, -0.15) is 0 Å². The minimum absolute atomic E-state index is 0.432. The summed E-state index contributed by atoms with van der Waals surface area (Å²) in [6.45, 7) is 3.68. The number of amidine groups is 1. The van der Waals surface area contributed by atoms with Gasteiger partial charge in [0.1, 0.15) is 17.3 Å². The van der Waals surface area contributed by atoms with Crippen LogP contribution in [0.4, 0.5) is 0 Å². The van der Waals surface area contributed by atoms with Crippen molar-refractivity contribution in [1.82, 2.24) is 4.90 Å². The molecule has 1 saturated heterocycles. The Labute approximate surface area is 138 Å². The average Bonchev–Trinajstić information content (AvgIpc) is 2.92. The molecule has 0 spiro atoms. The molecule has 7 heteroatoms. The molecular formula is C16H18N2O4S. The molecule has 0 bridgehead atoms. The Kier molecular flexibility index (Phi) is 3.83. The third-order valence-corrected chi connectivity index (χ3v) is 5.74. The molecule has 23 heavy (non-hydrogen) atoms. The van der Waals surface area contributed by atoms with E-state index >= 15 is 0 Å². The van der Waals surface area contributed by atoms with Gasteiger partial charge in [0.25, 0.3) is 0 Å². The van der Waals surface area contributed by atoms with Crippen LogP contribution < -0.4 is 0 Å². The maximum absolute atomic E-state index is 11.8. The molecule has 0 saturated carbocycles. The number of benzene rings is 1. The van der Waals surface area contributed by atoms with Crippen LogP contribution in [0.1, 0.15) is 19.4 Å². The van der Waals surface area contributed by atoms with Gasteiger partial charge in [-0.05, 0) is 19.4 Å². The summed E-state index contributed by atoms with van der Waals surface area (Å²) in [6.07, 6.45) is 0.432. The largest absolute Gasteiger partial charge is 0.480 e. The van der Waals surface area contributed by atoms with Crippen LogP contribution in [-0.2, 0) is 16.0 Å². The minimum atomic E-state index is -1.02. The van der Waals surface area contributed by atoms with Gasteiger partial charge in [-0.3, -0.25) is 4.99 Å².